The summed E-state index contributed by atoms with van der Waals surface area (Å²) in [5.74, 6) is -0.0841. The van der Waals surface area contributed by atoms with E-state index in [4.69, 9.17) is 4.74 Å². The van der Waals surface area contributed by atoms with Crippen LogP contribution in [0.3, 0.4) is 0 Å². The summed E-state index contributed by atoms with van der Waals surface area (Å²) in [6.45, 7) is 4.87. The zero-order chi connectivity index (χ0) is 40.1. The third kappa shape index (κ3) is 41.8. The lowest BCUT2D eigenvalue weighted by Crippen LogP contribution is -2.45. The summed E-state index contributed by atoms with van der Waals surface area (Å²) >= 11 is 0. The largest absolute Gasteiger partial charge is 0.466 e. The summed E-state index contributed by atoms with van der Waals surface area (Å²) in [6, 6.07) is -0.554. The molecule has 0 aromatic carbocycles. The van der Waals surface area contributed by atoms with Crippen LogP contribution in [-0.2, 0) is 14.3 Å². The van der Waals surface area contributed by atoms with Gasteiger partial charge in [-0.05, 0) is 57.8 Å². The van der Waals surface area contributed by atoms with Crippen molar-refractivity contribution in [2.24, 2.45) is 0 Å². The molecule has 0 aliphatic heterocycles. The maximum atomic E-state index is 12.4. The van der Waals surface area contributed by atoms with E-state index in [1.54, 1.807) is 0 Å². The minimum absolute atomic E-state index is 0.0276. The molecule has 0 aromatic rings. The van der Waals surface area contributed by atoms with Crippen molar-refractivity contribution in [3.63, 3.8) is 0 Å². The highest BCUT2D eigenvalue weighted by Crippen LogP contribution is 2.15. The molecule has 0 fully saturated rings. The number of unbranched alkanes of at least 4 members (excludes halogenated alkanes) is 29. The third-order valence-electron chi connectivity index (χ3n) is 11.0. The summed E-state index contributed by atoms with van der Waals surface area (Å²) in [4.78, 5) is 24.4. The first-order valence-corrected chi connectivity index (χ1v) is 24.1. The van der Waals surface area contributed by atoms with Crippen LogP contribution in [0, 0.1) is 0 Å². The van der Waals surface area contributed by atoms with Crippen LogP contribution in [0.4, 0.5) is 0 Å². The molecule has 1 amide bonds. The van der Waals surface area contributed by atoms with E-state index in [-0.39, 0.29) is 18.5 Å². The Morgan fingerprint density at radius 2 is 0.909 bits per heavy atom. The second kappa shape index (κ2) is 45.0. The van der Waals surface area contributed by atoms with Crippen LogP contribution in [0.5, 0.6) is 0 Å². The normalized spacial score (nSPS) is 12.9. The van der Waals surface area contributed by atoms with Crippen molar-refractivity contribution in [2.45, 2.75) is 264 Å². The van der Waals surface area contributed by atoms with Crippen molar-refractivity contribution in [3.05, 3.63) is 24.3 Å². The number of nitrogens with one attached hydrogen (secondary N) is 1. The molecule has 55 heavy (non-hydrogen) atoms. The predicted octanol–water partition coefficient (Wildman–Crippen LogP) is 14.0. The second-order valence-corrected chi connectivity index (χ2v) is 16.4. The topological polar surface area (TPSA) is 95.9 Å². The van der Waals surface area contributed by atoms with Gasteiger partial charge in [0.2, 0.25) is 5.91 Å². The summed E-state index contributed by atoms with van der Waals surface area (Å²) in [5, 5.41) is 23.1. The fraction of sp³-hybridized carbons (Fsp3) is 0.878. The van der Waals surface area contributed by atoms with Crippen molar-refractivity contribution < 1.29 is 24.5 Å². The molecule has 0 radical (unpaired) electrons. The quantitative estimate of drug-likeness (QED) is 0.0325. The van der Waals surface area contributed by atoms with Crippen molar-refractivity contribution in [3.8, 4) is 0 Å². The Morgan fingerprint density at radius 3 is 1.40 bits per heavy atom. The van der Waals surface area contributed by atoms with Crippen molar-refractivity contribution in [1.82, 2.24) is 5.32 Å². The number of esters is 1. The van der Waals surface area contributed by atoms with Crippen LogP contribution in [0.1, 0.15) is 251 Å². The molecule has 6 nitrogen and oxygen atoms in total. The van der Waals surface area contributed by atoms with Gasteiger partial charge in [0.15, 0.2) is 0 Å². The number of carbonyl (C=O) groups is 2. The molecular weight excluding hydrogens is 683 g/mol. The van der Waals surface area contributed by atoms with E-state index in [9.17, 15) is 19.8 Å². The standard InChI is InChI=1S/C49H93NO5/c1-3-5-7-9-11-13-15-16-17-18-19-23-27-31-35-39-43-49(54)55-44-40-36-32-28-24-20-22-26-30-34-38-42-48(53)50-46(45-51)47(52)41-37-33-29-25-21-14-12-10-8-6-4-2/h13,15,17-18,46-47,51-52H,3-12,14,16,19-45H2,1-2H3,(H,50,53)/b15-13-,18-17-. The average molecular weight is 776 g/mol. The number of rotatable bonds is 44. The lowest BCUT2D eigenvalue weighted by Gasteiger charge is -2.22. The Kier molecular flexibility index (Phi) is 43.7. The monoisotopic (exact) mass is 776 g/mol. The van der Waals surface area contributed by atoms with E-state index in [2.05, 4.69) is 43.5 Å². The minimum Gasteiger partial charge on any atom is -0.466 e. The lowest BCUT2D eigenvalue weighted by atomic mass is 10.0. The molecule has 6 heteroatoms. The van der Waals surface area contributed by atoms with Gasteiger partial charge in [0.05, 0.1) is 25.4 Å². The van der Waals surface area contributed by atoms with Crippen molar-refractivity contribution >= 4 is 11.9 Å². The zero-order valence-corrected chi connectivity index (χ0v) is 36.7. The molecular formula is C49H93NO5. The van der Waals surface area contributed by atoms with E-state index in [0.29, 0.717) is 25.9 Å². The molecule has 2 unspecified atom stereocenters. The summed E-state index contributed by atoms with van der Waals surface area (Å²) < 4.78 is 5.45. The molecule has 0 spiro atoms. The van der Waals surface area contributed by atoms with Gasteiger partial charge in [-0.1, -0.05) is 205 Å². The van der Waals surface area contributed by atoms with E-state index >= 15 is 0 Å². The van der Waals surface area contributed by atoms with Crippen LogP contribution < -0.4 is 5.32 Å². The van der Waals surface area contributed by atoms with E-state index in [1.165, 1.54) is 148 Å². The van der Waals surface area contributed by atoms with Crippen LogP contribution in [0.2, 0.25) is 0 Å². The number of ether oxygens (including phenoxy) is 1. The highest BCUT2D eigenvalue weighted by atomic mass is 16.5. The third-order valence-corrected chi connectivity index (χ3v) is 11.0. The van der Waals surface area contributed by atoms with Crippen LogP contribution >= 0.6 is 0 Å². The van der Waals surface area contributed by atoms with Gasteiger partial charge < -0.3 is 20.3 Å². The molecule has 0 bridgehead atoms. The van der Waals surface area contributed by atoms with Crippen LogP contribution in [0.25, 0.3) is 0 Å². The minimum atomic E-state index is -0.675. The fourth-order valence-corrected chi connectivity index (χ4v) is 7.26. The van der Waals surface area contributed by atoms with Gasteiger partial charge in [-0.2, -0.15) is 0 Å². The maximum Gasteiger partial charge on any atom is 0.305 e. The molecule has 0 aliphatic carbocycles. The predicted molar refractivity (Wildman–Crippen MR) is 236 cm³/mol. The van der Waals surface area contributed by atoms with Crippen molar-refractivity contribution in [2.75, 3.05) is 13.2 Å². The summed E-state index contributed by atoms with van der Waals surface area (Å²) in [5.41, 5.74) is 0. The SMILES string of the molecule is CCCCCC/C=C\C/C=C\CCCCCCCC(=O)OCCCCCCCCCCCCCC(=O)NC(CO)C(O)CCCCCCCCCCCCC. The molecule has 324 valence electrons. The van der Waals surface area contributed by atoms with Gasteiger partial charge in [0, 0.05) is 12.8 Å². The van der Waals surface area contributed by atoms with Crippen LogP contribution in [0.15, 0.2) is 24.3 Å². The molecule has 0 rings (SSSR count). The first kappa shape index (κ1) is 53.3. The molecule has 0 aliphatic rings. The van der Waals surface area contributed by atoms with E-state index < -0.39 is 12.1 Å². The van der Waals surface area contributed by atoms with Gasteiger partial charge in [-0.15, -0.1) is 0 Å². The van der Waals surface area contributed by atoms with Gasteiger partial charge in [0.25, 0.3) is 0 Å². The van der Waals surface area contributed by atoms with E-state index in [0.717, 1.165) is 70.6 Å². The molecule has 3 N–H and O–H groups in total. The molecule has 0 saturated carbocycles. The Hall–Kier alpha value is -1.66. The highest BCUT2D eigenvalue weighted by molar-refractivity contribution is 5.76. The molecule has 0 aromatic heterocycles. The van der Waals surface area contributed by atoms with Gasteiger partial charge in [-0.3, -0.25) is 9.59 Å². The smallest absolute Gasteiger partial charge is 0.305 e. The second-order valence-electron chi connectivity index (χ2n) is 16.4. The Labute approximate surface area is 341 Å². The maximum absolute atomic E-state index is 12.4. The Balaban J connectivity index is 3.47. The molecule has 0 heterocycles. The summed E-state index contributed by atoms with van der Waals surface area (Å²) in [6.07, 6.45) is 51.3. The first-order valence-electron chi connectivity index (χ1n) is 24.1. The zero-order valence-electron chi connectivity index (χ0n) is 36.7. The van der Waals surface area contributed by atoms with Crippen LogP contribution in [-0.4, -0.2) is 47.4 Å². The number of allylic oxidation sites excluding steroid dienone is 4. The molecule has 0 saturated heterocycles. The Bertz CT molecular complexity index is 858. The average Bonchev–Trinajstić information content (AvgIpc) is 3.18. The lowest BCUT2D eigenvalue weighted by molar-refractivity contribution is -0.143. The molecule has 2 atom stereocenters. The summed E-state index contributed by atoms with van der Waals surface area (Å²) in [7, 11) is 0. The van der Waals surface area contributed by atoms with Crippen molar-refractivity contribution in [1.29, 1.82) is 0 Å². The van der Waals surface area contributed by atoms with Gasteiger partial charge >= 0.3 is 5.97 Å². The number of aliphatic hydroxyl groups is 2. The number of carbonyl (C=O) groups excluding carboxylic acids is 2. The number of hydrogen-bond acceptors (Lipinski definition) is 5. The first-order chi connectivity index (χ1) is 27.0. The number of aliphatic hydroxyl groups excluding tert-OH is 2. The fourth-order valence-electron chi connectivity index (χ4n) is 7.26. The highest BCUT2D eigenvalue weighted by Gasteiger charge is 2.20. The van der Waals surface area contributed by atoms with E-state index in [1.807, 2.05) is 0 Å². The van der Waals surface area contributed by atoms with Gasteiger partial charge in [0.1, 0.15) is 0 Å². The Morgan fingerprint density at radius 1 is 0.509 bits per heavy atom. The number of amides is 1. The van der Waals surface area contributed by atoms with Gasteiger partial charge in [-0.25, -0.2) is 0 Å². The number of hydrogen-bond donors (Lipinski definition) is 3.